The van der Waals surface area contributed by atoms with Crippen LogP contribution < -0.4 is 10.1 Å². The molecule has 0 spiro atoms. The predicted molar refractivity (Wildman–Crippen MR) is 79.8 cm³/mol. The summed E-state index contributed by atoms with van der Waals surface area (Å²) in [5, 5.41) is 3.66. The number of nitrogens with zero attached hydrogens (tertiary/aromatic N) is 1. The Hall–Kier alpha value is -1.06. The third-order valence-electron chi connectivity index (χ3n) is 3.62. The molecule has 0 bridgehead atoms. The summed E-state index contributed by atoms with van der Waals surface area (Å²) in [6.07, 6.45) is 3.37. The highest BCUT2D eigenvalue weighted by Gasteiger charge is 2.16. The molecule has 0 radical (unpaired) electrons. The molecule has 0 aliphatic carbocycles. The van der Waals surface area contributed by atoms with Gasteiger partial charge in [-0.3, -0.25) is 0 Å². The van der Waals surface area contributed by atoms with Crippen molar-refractivity contribution in [2.75, 3.05) is 33.8 Å². The molecule has 2 rings (SSSR count). The quantitative estimate of drug-likeness (QED) is 0.817. The first kappa shape index (κ1) is 14.4. The summed E-state index contributed by atoms with van der Waals surface area (Å²) in [6, 6.07) is 7.13. The van der Waals surface area contributed by atoms with Crippen LogP contribution in [0.1, 0.15) is 36.9 Å². The van der Waals surface area contributed by atoms with Crippen molar-refractivity contribution in [3.63, 3.8) is 0 Å². The highest BCUT2D eigenvalue weighted by molar-refractivity contribution is 5.40. The third kappa shape index (κ3) is 3.95. The molecule has 1 aromatic carbocycles. The molecule has 0 fully saturated rings. The highest BCUT2D eigenvalue weighted by atomic mass is 16.5. The van der Waals surface area contributed by atoms with Crippen LogP contribution in [0.25, 0.3) is 0 Å². The Bertz CT molecular complexity index is 404. The van der Waals surface area contributed by atoms with E-state index >= 15 is 0 Å². The van der Waals surface area contributed by atoms with Gasteiger partial charge >= 0.3 is 0 Å². The van der Waals surface area contributed by atoms with E-state index in [1.807, 2.05) is 0 Å². The molecule has 1 atom stereocenters. The molecule has 3 heteroatoms. The van der Waals surface area contributed by atoms with Crippen LogP contribution in [0, 0.1) is 0 Å². The zero-order valence-corrected chi connectivity index (χ0v) is 12.4. The van der Waals surface area contributed by atoms with Crippen LogP contribution in [-0.2, 0) is 6.42 Å². The van der Waals surface area contributed by atoms with Crippen LogP contribution in [-0.4, -0.2) is 38.7 Å². The van der Waals surface area contributed by atoms with E-state index in [1.165, 1.54) is 17.5 Å². The number of rotatable bonds is 7. The van der Waals surface area contributed by atoms with Crippen LogP contribution in [0.4, 0.5) is 0 Å². The standard InChI is InChI=1S/C16H26N2O/c1-4-9-17-15(7-10-18(2)3)13-5-6-16-14(12-13)8-11-19-16/h5-6,12,15,17H,4,7-11H2,1-3H3. The second-order valence-electron chi connectivity index (χ2n) is 5.56. The van der Waals surface area contributed by atoms with Crippen molar-refractivity contribution in [2.24, 2.45) is 0 Å². The smallest absolute Gasteiger partial charge is 0.122 e. The molecule has 0 saturated heterocycles. The largest absolute Gasteiger partial charge is 0.493 e. The minimum atomic E-state index is 0.452. The number of hydrogen-bond acceptors (Lipinski definition) is 3. The Balaban J connectivity index is 2.07. The topological polar surface area (TPSA) is 24.5 Å². The Morgan fingerprint density at radius 3 is 2.95 bits per heavy atom. The summed E-state index contributed by atoms with van der Waals surface area (Å²) in [4.78, 5) is 2.25. The first-order valence-electron chi connectivity index (χ1n) is 7.34. The lowest BCUT2D eigenvalue weighted by molar-refractivity contribution is 0.356. The molecule has 1 heterocycles. The van der Waals surface area contributed by atoms with Crippen molar-refractivity contribution in [3.05, 3.63) is 29.3 Å². The van der Waals surface area contributed by atoms with Gasteiger partial charge in [-0.1, -0.05) is 19.1 Å². The molecule has 0 aromatic heterocycles. The Labute approximate surface area is 116 Å². The van der Waals surface area contributed by atoms with E-state index < -0.39 is 0 Å². The molecular weight excluding hydrogens is 236 g/mol. The van der Waals surface area contributed by atoms with E-state index in [0.29, 0.717) is 6.04 Å². The van der Waals surface area contributed by atoms with E-state index in [4.69, 9.17) is 4.74 Å². The Morgan fingerprint density at radius 2 is 2.21 bits per heavy atom. The second-order valence-corrected chi connectivity index (χ2v) is 5.56. The molecule has 1 N–H and O–H groups in total. The SMILES string of the molecule is CCCNC(CCN(C)C)c1ccc2c(c1)CCO2. The summed E-state index contributed by atoms with van der Waals surface area (Å²) in [7, 11) is 4.26. The number of hydrogen-bond donors (Lipinski definition) is 1. The van der Waals surface area contributed by atoms with Gasteiger partial charge in [0.15, 0.2) is 0 Å². The molecule has 19 heavy (non-hydrogen) atoms. The van der Waals surface area contributed by atoms with Gasteiger partial charge in [-0.15, -0.1) is 0 Å². The van der Waals surface area contributed by atoms with Gasteiger partial charge in [0, 0.05) is 12.5 Å². The van der Waals surface area contributed by atoms with Crippen molar-refractivity contribution in [1.29, 1.82) is 0 Å². The summed E-state index contributed by atoms with van der Waals surface area (Å²) in [5.74, 6) is 1.07. The van der Waals surface area contributed by atoms with Crippen molar-refractivity contribution >= 4 is 0 Å². The molecule has 106 valence electrons. The maximum atomic E-state index is 5.58. The lowest BCUT2D eigenvalue weighted by atomic mass is 10.00. The first-order chi connectivity index (χ1) is 9.20. The van der Waals surface area contributed by atoms with E-state index in [1.54, 1.807) is 0 Å². The van der Waals surface area contributed by atoms with E-state index in [2.05, 4.69) is 49.4 Å². The van der Waals surface area contributed by atoms with Gasteiger partial charge in [0.25, 0.3) is 0 Å². The van der Waals surface area contributed by atoms with Crippen molar-refractivity contribution in [3.8, 4) is 5.75 Å². The minimum Gasteiger partial charge on any atom is -0.493 e. The molecule has 1 aliphatic heterocycles. The van der Waals surface area contributed by atoms with Crippen LogP contribution in [0.5, 0.6) is 5.75 Å². The van der Waals surface area contributed by atoms with Crippen LogP contribution in [0.15, 0.2) is 18.2 Å². The maximum Gasteiger partial charge on any atom is 0.122 e. The number of benzene rings is 1. The fourth-order valence-electron chi connectivity index (χ4n) is 2.52. The monoisotopic (exact) mass is 262 g/mol. The van der Waals surface area contributed by atoms with E-state index in [-0.39, 0.29) is 0 Å². The zero-order valence-electron chi connectivity index (χ0n) is 12.4. The lowest BCUT2D eigenvalue weighted by Crippen LogP contribution is -2.26. The number of nitrogens with one attached hydrogen (secondary N) is 1. The van der Waals surface area contributed by atoms with E-state index in [9.17, 15) is 0 Å². The molecule has 3 nitrogen and oxygen atoms in total. The fourth-order valence-corrected chi connectivity index (χ4v) is 2.52. The van der Waals surface area contributed by atoms with Crippen LogP contribution in [0.2, 0.25) is 0 Å². The Kier molecular flexibility index (Phi) is 5.23. The normalized spacial score (nSPS) is 15.4. The summed E-state index contributed by atoms with van der Waals surface area (Å²) >= 11 is 0. The van der Waals surface area contributed by atoms with E-state index in [0.717, 1.165) is 38.3 Å². The zero-order chi connectivity index (χ0) is 13.7. The Morgan fingerprint density at radius 1 is 1.37 bits per heavy atom. The van der Waals surface area contributed by atoms with Crippen LogP contribution in [0.3, 0.4) is 0 Å². The average Bonchev–Trinajstić information content (AvgIpc) is 2.85. The fraction of sp³-hybridized carbons (Fsp3) is 0.625. The molecular formula is C16H26N2O. The molecule has 0 amide bonds. The van der Waals surface area contributed by atoms with Gasteiger partial charge in [0.2, 0.25) is 0 Å². The lowest BCUT2D eigenvalue weighted by Gasteiger charge is -2.21. The average molecular weight is 262 g/mol. The molecule has 0 saturated carbocycles. The van der Waals surface area contributed by atoms with Gasteiger partial charge in [-0.2, -0.15) is 0 Å². The van der Waals surface area contributed by atoms with Gasteiger partial charge in [-0.05, 0) is 57.2 Å². The van der Waals surface area contributed by atoms with Gasteiger partial charge < -0.3 is 15.0 Å². The minimum absolute atomic E-state index is 0.452. The second kappa shape index (κ2) is 6.92. The maximum absolute atomic E-state index is 5.58. The van der Waals surface area contributed by atoms with Crippen molar-refractivity contribution in [1.82, 2.24) is 10.2 Å². The third-order valence-corrected chi connectivity index (χ3v) is 3.62. The van der Waals surface area contributed by atoms with Gasteiger partial charge in [0.05, 0.1) is 6.61 Å². The summed E-state index contributed by atoms with van der Waals surface area (Å²) in [6.45, 7) is 5.23. The molecule has 1 aromatic rings. The van der Waals surface area contributed by atoms with Crippen LogP contribution >= 0.6 is 0 Å². The van der Waals surface area contributed by atoms with Gasteiger partial charge in [-0.25, -0.2) is 0 Å². The summed E-state index contributed by atoms with van der Waals surface area (Å²) < 4.78 is 5.58. The van der Waals surface area contributed by atoms with Gasteiger partial charge in [0.1, 0.15) is 5.75 Å². The predicted octanol–water partition coefficient (Wildman–Crippen LogP) is 2.61. The number of fused-ring (bicyclic) bond motifs is 1. The van der Waals surface area contributed by atoms with Crippen molar-refractivity contribution < 1.29 is 4.74 Å². The van der Waals surface area contributed by atoms with Crippen molar-refractivity contribution in [2.45, 2.75) is 32.2 Å². The first-order valence-corrected chi connectivity index (χ1v) is 7.34. The molecule has 1 unspecified atom stereocenters. The highest BCUT2D eigenvalue weighted by Crippen LogP contribution is 2.29. The number of ether oxygens (including phenoxy) is 1. The summed E-state index contributed by atoms with van der Waals surface area (Å²) in [5.41, 5.74) is 2.77. The molecule has 1 aliphatic rings.